The van der Waals surface area contributed by atoms with Gasteiger partial charge in [-0.15, -0.1) is 24.0 Å². The van der Waals surface area contributed by atoms with Gasteiger partial charge >= 0.3 is 7.12 Å². The lowest BCUT2D eigenvalue weighted by Crippen LogP contribution is -2.28. The maximum atomic E-state index is 9.37. The standard InChI is InChI=1S/C8H7BO3S2/c10-6-2-1-4-5(9(11)12)3-14-8(4)7(6)13/h1-3,10-13H. The molecule has 1 aromatic heterocycles. The Balaban J connectivity index is 2.77. The number of phenols is 1. The molecule has 0 bridgehead atoms. The van der Waals surface area contributed by atoms with Crippen LogP contribution in [0, 0.1) is 0 Å². The predicted molar refractivity (Wildman–Crippen MR) is 60.6 cm³/mol. The van der Waals surface area contributed by atoms with E-state index >= 15 is 0 Å². The molecule has 3 N–H and O–H groups in total. The van der Waals surface area contributed by atoms with E-state index in [0.717, 1.165) is 4.70 Å². The largest absolute Gasteiger partial charge is 0.507 e. The van der Waals surface area contributed by atoms with E-state index in [4.69, 9.17) is 10.0 Å². The number of hydrogen-bond donors (Lipinski definition) is 4. The van der Waals surface area contributed by atoms with E-state index in [9.17, 15) is 5.11 Å². The summed E-state index contributed by atoms with van der Waals surface area (Å²) in [5.74, 6) is 0.0988. The Labute approximate surface area is 90.2 Å². The van der Waals surface area contributed by atoms with Crippen molar-refractivity contribution in [3.63, 3.8) is 0 Å². The summed E-state index contributed by atoms with van der Waals surface area (Å²) >= 11 is 5.47. The zero-order chi connectivity index (χ0) is 10.3. The summed E-state index contributed by atoms with van der Waals surface area (Å²) in [5, 5.41) is 29.8. The normalized spacial score (nSPS) is 10.8. The monoisotopic (exact) mass is 226 g/mol. The zero-order valence-electron chi connectivity index (χ0n) is 7.01. The van der Waals surface area contributed by atoms with Crippen molar-refractivity contribution in [1.29, 1.82) is 0 Å². The Morgan fingerprint density at radius 2 is 2.00 bits per heavy atom. The Morgan fingerprint density at radius 3 is 2.64 bits per heavy atom. The second-order valence-electron chi connectivity index (χ2n) is 2.87. The van der Waals surface area contributed by atoms with Gasteiger partial charge in [-0.2, -0.15) is 0 Å². The molecule has 1 heterocycles. The summed E-state index contributed by atoms with van der Waals surface area (Å²) in [4.78, 5) is 0.472. The molecule has 0 amide bonds. The minimum Gasteiger partial charge on any atom is -0.507 e. The molecule has 0 saturated carbocycles. The molecular formula is C8H7BO3S2. The van der Waals surface area contributed by atoms with Crippen LogP contribution in [0.15, 0.2) is 22.4 Å². The highest BCUT2D eigenvalue weighted by Gasteiger charge is 2.18. The van der Waals surface area contributed by atoms with Crippen LogP contribution in [-0.2, 0) is 0 Å². The van der Waals surface area contributed by atoms with E-state index in [1.807, 2.05) is 0 Å². The first-order chi connectivity index (χ1) is 6.61. The lowest BCUT2D eigenvalue weighted by atomic mass is 9.80. The molecule has 0 atom stereocenters. The summed E-state index contributed by atoms with van der Waals surface area (Å²) in [5.41, 5.74) is 0.445. The number of aromatic hydroxyl groups is 1. The fourth-order valence-corrected chi connectivity index (χ4v) is 2.67. The van der Waals surface area contributed by atoms with Crippen molar-refractivity contribution in [3.8, 4) is 5.75 Å². The smallest absolute Gasteiger partial charge is 0.489 e. The van der Waals surface area contributed by atoms with Crippen LogP contribution < -0.4 is 5.46 Å². The first-order valence-electron chi connectivity index (χ1n) is 3.89. The van der Waals surface area contributed by atoms with E-state index in [-0.39, 0.29) is 5.75 Å². The molecule has 1 aromatic carbocycles. The molecule has 0 aliphatic rings. The van der Waals surface area contributed by atoms with Crippen LogP contribution in [0.25, 0.3) is 10.1 Å². The highest BCUT2D eigenvalue weighted by molar-refractivity contribution is 7.81. The van der Waals surface area contributed by atoms with Gasteiger partial charge in [0.25, 0.3) is 0 Å². The minimum atomic E-state index is -1.49. The molecule has 0 radical (unpaired) electrons. The van der Waals surface area contributed by atoms with Crippen LogP contribution in [0.2, 0.25) is 0 Å². The molecule has 72 valence electrons. The topological polar surface area (TPSA) is 60.7 Å². The van der Waals surface area contributed by atoms with Crippen molar-refractivity contribution >= 4 is 46.6 Å². The fourth-order valence-electron chi connectivity index (χ4n) is 1.29. The molecular weight excluding hydrogens is 219 g/mol. The van der Waals surface area contributed by atoms with Gasteiger partial charge in [0, 0.05) is 5.46 Å². The summed E-state index contributed by atoms with van der Waals surface area (Å²) in [6.07, 6.45) is 0. The number of fused-ring (bicyclic) bond motifs is 1. The first kappa shape index (κ1) is 9.85. The molecule has 14 heavy (non-hydrogen) atoms. The van der Waals surface area contributed by atoms with E-state index in [0.29, 0.717) is 15.7 Å². The van der Waals surface area contributed by atoms with Crippen molar-refractivity contribution in [2.24, 2.45) is 0 Å². The van der Waals surface area contributed by atoms with Crippen LogP contribution in [0.3, 0.4) is 0 Å². The Morgan fingerprint density at radius 1 is 1.29 bits per heavy atom. The molecule has 0 spiro atoms. The van der Waals surface area contributed by atoms with Crippen molar-refractivity contribution in [1.82, 2.24) is 0 Å². The summed E-state index contributed by atoms with van der Waals surface area (Å²) in [7, 11) is -1.49. The summed E-state index contributed by atoms with van der Waals surface area (Å²) in [6, 6.07) is 3.14. The molecule has 0 unspecified atom stereocenters. The maximum Gasteiger partial charge on any atom is 0.489 e. The number of benzene rings is 1. The third-order valence-corrected chi connectivity index (χ3v) is 3.64. The summed E-state index contributed by atoms with van der Waals surface area (Å²) < 4.78 is 0.761. The van der Waals surface area contributed by atoms with Crippen LogP contribution in [0.1, 0.15) is 0 Å². The highest BCUT2D eigenvalue weighted by Crippen LogP contribution is 2.32. The number of thiol groups is 1. The first-order valence-corrected chi connectivity index (χ1v) is 5.22. The predicted octanol–water partition coefficient (Wildman–Crippen LogP) is 0.575. The van der Waals surface area contributed by atoms with Crippen LogP contribution >= 0.6 is 24.0 Å². The van der Waals surface area contributed by atoms with Gasteiger partial charge in [-0.1, -0.05) is 6.07 Å². The lowest BCUT2D eigenvalue weighted by Gasteiger charge is -2.00. The Hall–Kier alpha value is -0.685. The molecule has 3 nitrogen and oxygen atoms in total. The van der Waals surface area contributed by atoms with Crippen molar-refractivity contribution in [2.75, 3.05) is 0 Å². The average Bonchev–Trinajstić information content (AvgIpc) is 2.55. The summed E-state index contributed by atoms with van der Waals surface area (Å²) in [6.45, 7) is 0. The Kier molecular flexibility index (Phi) is 2.44. The molecule has 0 aliphatic carbocycles. The third kappa shape index (κ3) is 1.40. The second-order valence-corrected chi connectivity index (χ2v) is 4.20. The average molecular weight is 226 g/mol. The van der Waals surface area contributed by atoms with Crippen molar-refractivity contribution in [3.05, 3.63) is 17.5 Å². The van der Waals surface area contributed by atoms with Gasteiger partial charge in [-0.25, -0.2) is 0 Å². The van der Waals surface area contributed by atoms with Gasteiger partial charge in [0.05, 0.1) is 9.60 Å². The van der Waals surface area contributed by atoms with Crippen molar-refractivity contribution in [2.45, 2.75) is 4.90 Å². The Bertz CT molecular complexity index is 481. The molecule has 2 rings (SSSR count). The molecule has 0 saturated heterocycles. The molecule has 6 heteroatoms. The van der Waals surface area contributed by atoms with Crippen LogP contribution in [0.5, 0.6) is 5.75 Å². The minimum absolute atomic E-state index is 0.0988. The quantitative estimate of drug-likeness (QED) is 0.425. The highest BCUT2D eigenvalue weighted by atomic mass is 32.1. The SMILES string of the molecule is OB(O)c1csc2c(S)c(O)ccc12. The van der Waals surface area contributed by atoms with Crippen molar-refractivity contribution < 1.29 is 15.2 Å². The van der Waals surface area contributed by atoms with Gasteiger partial charge in [0.1, 0.15) is 5.75 Å². The van der Waals surface area contributed by atoms with Gasteiger partial charge in [-0.05, 0) is 16.8 Å². The molecule has 2 aromatic rings. The van der Waals surface area contributed by atoms with Gasteiger partial charge in [0.2, 0.25) is 0 Å². The molecule has 0 fully saturated rings. The number of phenolic OH excluding ortho intramolecular Hbond substituents is 1. The van der Waals surface area contributed by atoms with E-state index < -0.39 is 7.12 Å². The van der Waals surface area contributed by atoms with Gasteiger partial charge in [0.15, 0.2) is 0 Å². The zero-order valence-corrected chi connectivity index (χ0v) is 8.72. The number of hydrogen-bond acceptors (Lipinski definition) is 5. The maximum absolute atomic E-state index is 9.37. The molecule has 0 aliphatic heterocycles. The van der Waals surface area contributed by atoms with E-state index in [2.05, 4.69) is 12.6 Å². The van der Waals surface area contributed by atoms with E-state index in [1.165, 1.54) is 17.4 Å². The number of thiophene rings is 1. The van der Waals surface area contributed by atoms with E-state index in [1.54, 1.807) is 11.4 Å². The van der Waals surface area contributed by atoms with Gasteiger partial charge < -0.3 is 15.2 Å². The van der Waals surface area contributed by atoms with Gasteiger partial charge in [-0.3, -0.25) is 0 Å². The fraction of sp³-hybridized carbons (Fsp3) is 0. The third-order valence-electron chi connectivity index (χ3n) is 2.00. The van der Waals surface area contributed by atoms with Crippen LogP contribution in [-0.4, -0.2) is 22.3 Å². The lowest BCUT2D eigenvalue weighted by molar-refractivity contribution is 0.426. The number of rotatable bonds is 1. The second kappa shape index (κ2) is 3.47. The van der Waals surface area contributed by atoms with Crippen LogP contribution in [0.4, 0.5) is 0 Å².